The van der Waals surface area contributed by atoms with Crippen molar-refractivity contribution in [3.8, 4) is 0 Å². The van der Waals surface area contributed by atoms with Crippen LogP contribution in [0.2, 0.25) is 0 Å². The molecule has 0 aliphatic carbocycles. The molecule has 0 aromatic rings. The van der Waals surface area contributed by atoms with E-state index in [0.717, 1.165) is 18.6 Å². The number of rotatable bonds is 48. The van der Waals surface area contributed by atoms with E-state index in [0.29, 0.717) is 0 Å². The Labute approximate surface area is 362 Å². The minimum absolute atomic E-state index is 0.747. The molecule has 0 bridgehead atoms. The highest BCUT2D eigenvalue weighted by Gasteiger charge is 2.20. The van der Waals surface area contributed by atoms with Crippen molar-refractivity contribution in [3.05, 3.63) is 12.4 Å². The van der Waals surface area contributed by atoms with Crippen LogP contribution in [-0.4, -0.2) is 29.6 Å². The van der Waals surface area contributed by atoms with Crippen LogP contribution >= 0.6 is 0 Å². The molecule has 0 aromatic carbocycles. The summed E-state index contributed by atoms with van der Waals surface area (Å²) in [6.07, 6.45) is 72.0. The highest BCUT2D eigenvalue weighted by molar-refractivity contribution is 4.92. The monoisotopic (exact) mass is 799 g/mol. The van der Waals surface area contributed by atoms with E-state index in [-0.39, 0.29) is 0 Å². The van der Waals surface area contributed by atoms with Crippen LogP contribution in [0.4, 0.5) is 0 Å². The topological polar surface area (TPSA) is 6.48 Å². The van der Waals surface area contributed by atoms with Crippen molar-refractivity contribution < 1.29 is 0 Å². The highest BCUT2D eigenvalue weighted by atomic mass is 15.3. The zero-order valence-corrected chi connectivity index (χ0v) is 40.4. The molecule has 340 valence electrons. The first kappa shape index (κ1) is 54.4. The van der Waals surface area contributed by atoms with Crippen molar-refractivity contribution in [3.63, 3.8) is 0 Å². The minimum Gasteiger partial charge on any atom is -0.362 e. The van der Waals surface area contributed by atoms with Gasteiger partial charge in [-0.2, -0.15) is 0 Å². The second-order valence-corrected chi connectivity index (χ2v) is 19.6. The summed E-state index contributed by atoms with van der Waals surface area (Å²) in [5.74, 6) is 0.976. The molecule has 0 fully saturated rings. The zero-order chi connectivity index (χ0) is 41.0. The molecule has 0 radical (unpaired) electrons. The largest absolute Gasteiger partial charge is 0.362 e. The molecule has 0 N–H and O–H groups in total. The number of hydrogen-bond acceptors (Lipinski definition) is 2. The Hall–Kier alpha value is -0.660. The van der Waals surface area contributed by atoms with Gasteiger partial charge in [-0.1, -0.05) is 303 Å². The molecule has 57 heavy (non-hydrogen) atoms. The van der Waals surface area contributed by atoms with Gasteiger partial charge in [0.2, 0.25) is 0 Å². The van der Waals surface area contributed by atoms with Gasteiger partial charge >= 0.3 is 0 Å². The summed E-state index contributed by atoms with van der Waals surface area (Å²) in [6, 6.07) is 0.747. The molecular weight excluding hydrogens is 689 g/mol. The van der Waals surface area contributed by atoms with Crippen LogP contribution in [-0.2, 0) is 0 Å². The molecule has 2 nitrogen and oxygen atoms in total. The molecule has 0 saturated heterocycles. The van der Waals surface area contributed by atoms with E-state index < -0.39 is 0 Å². The van der Waals surface area contributed by atoms with Crippen molar-refractivity contribution in [2.24, 2.45) is 5.92 Å². The smallest absolute Gasteiger partial charge is 0.0893 e. The summed E-state index contributed by atoms with van der Waals surface area (Å²) in [6.45, 7) is 8.07. The maximum Gasteiger partial charge on any atom is 0.0893 e. The Morgan fingerprint density at radius 2 is 0.544 bits per heavy atom. The molecule has 1 aliphatic rings. The van der Waals surface area contributed by atoms with Crippen LogP contribution in [0.15, 0.2) is 12.4 Å². The third kappa shape index (κ3) is 38.0. The lowest BCUT2D eigenvalue weighted by atomic mass is 9.88. The van der Waals surface area contributed by atoms with Crippen molar-refractivity contribution in [2.75, 3.05) is 13.7 Å². The van der Waals surface area contributed by atoms with E-state index in [1.54, 1.807) is 0 Å². The zero-order valence-electron chi connectivity index (χ0n) is 40.4. The molecule has 1 unspecified atom stereocenters. The van der Waals surface area contributed by atoms with Crippen LogP contribution in [0.5, 0.6) is 0 Å². The van der Waals surface area contributed by atoms with E-state index in [1.807, 2.05) is 0 Å². The fraction of sp³-hybridized carbons (Fsp3) is 0.964. The van der Waals surface area contributed by atoms with Crippen molar-refractivity contribution in [1.29, 1.82) is 0 Å². The second-order valence-electron chi connectivity index (χ2n) is 19.6. The summed E-state index contributed by atoms with van der Waals surface area (Å²) in [7, 11) is 2.25. The Morgan fingerprint density at radius 1 is 0.298 bits per heavy atom. The maximum atomic E-state index is 2.69. The molecule has 0 amide bonds. The van der Waals surface area contributed by atoms with Gasteiger partial charge < -0.3 is 9.80 Å². The molecule has 1 rings (SSSR count). The lowest BCUT2D eigenvalue weighted by molar-refractivity contribution is 0.200. The Morgan fingerprint density at radius 3 is 0.825 bits per heavy atom. The summed E-state index contributed by atoms with van der Waals surface area (Å²) >= 11 is 0. The van der Waals surface area contributed by atoms with Crippen LogP contribution in [0, 0.1) is 5.92 Å². The maximum absolute atomic E-state index is 2.69. The van der Waals surface area contributed by atoms with Crippen LogP contribution in [0.3, 0.4) is 0 Å². The van der Waals surface area contributed by atoms with E-state index in [9.17, 15) is 0 Å². The molecule has 1 heterocycles. The predicted molar refractivity (Wildman–Crippen MR) is 260 cm³/mol. The van der Waals surface area contributed by atoms with Crippen molar-refractivity contribution in [1.82, 2.24) is 9.80 Å². The molecular formula is C55H110N2. The standard InChI is InChI=1S/C55H110N2/c1-5-8-11-14-17-20-23-26-27-28-29-32-35-38-41-44-49-55(57-52-51-56(4)53-57)50-45-48-54(46-42-39-36-33-30-24-21-18-15-12-9-6-2)47-43-40-37-34-31-25-22-19-16-13-10-7-3/h51-52,54-55H,5-50,53H2,1-4H3. The van der Waals surface area contributed by atoms with Crippen LogP contribution < -0.4 is 0 Å². The first-order chi connectivity index (χ1) is 28.2. The van der Waals surface area contributed by atoms with E-state index in [1.165, 1.54) is 295 Å². The number of hydrogen-bond donors (Lipinski definition) is 0. The molecule has 2 heteroatoms. The van der Waals surface area contributed by atoms with Gasteiger partial charge in [0.25, 0.3) is 0 Å². The normalized spacial score (nSPS) is 13.6. The van der Waals surface area contributed by atoms with Crippen molar-refractivity contribution in [2.45, 2.75) is 322 Å². The Kier molecular flexibility index (Phi) is 42.8. The summed E-state index contributed by atoms with van der Waals surface area (Å²) in [5.41, 5.74) is 0. The van der Waals surface area contributed by atoms with E-state index in [4.69, 9.17) is 0 Å². The van der Waals surface area contributed by atoms with E-state index >= 15 is 0 Å². The van der Waals surface area contributed by atoms with Gasteiger partial charge in [-0.25, -0.2) is 0 Å². The van der Waals surface area contributed by atoms with Gasteiger partial charge in [0.05, 0.1) is 6.67 Å². The van der Waals surface area contributed by atoms with Crippen LogP contribution in [0.1, 0.15) is 316 Å². The fourth-order valence-corrected chi connectivity index (χ4v) is 9.82. The number of unbranched alkanes of at least 4 members (excludes halogenated alkanes) is 37. The van der Waals surface area contributed by atoms with Gasteiger partial charge in [-0.15, -0.1) is 0 Å². The van der Waals surface area contributed by atoms with Gasteiger partial charge in [0.1, 0.15) is 0 Å². The highest BCUT2D eigenvalue weighted by Crippen LogP contribution is 2.27. The Bertz CT molecular complexity index is 748. The molecule has 0 spiro atoms. The predicted octanol–water partition coefficient (Wildman–Crippen LogP) is 19.7. The quantitative estimate of drug-likeness (QED) is 0.0566. The van der Waals surface area contributed by atoms with Crippen LogP contribution in [0.25, 0.3) is 0 Å². The summed E-state index contributed by atoms with van der Waals surface area (Å²) < 4.78 is 0. The average Bonchev–Trinajstić information content (AvgIpc) is 3.66. The lowest BCUT2D eigenvalue weighted by Crippen LogP contribution is -2.33. The van der Waals surface area contributed by atoms with E-state index in [2.05, 4.69) is 50.0 Å². The first-order valence-corrected chi connectivity index (χ1v) is 27.4. The second kappa shape index (κ2) is 44.9. The molecule has 1 aliphatic heterocycles. The van der Waals surface area contributed by atoms with Gasteiger partial charge in [-0.05, 0) is 18.8 Å². The van der Waals surface area contributed by atoms with Gasteiger partial charge in [-0.3, -0.25) is 0 Å². The average molecular weight is 799 g/mol. The van der Waals surface area contributed by atoms with Crippen molar-refractivity contribution >= 4 is 0 Å². The van der Waals surface area contributed by atoms with Gasteiger partial charge in [0, 0.05) is 25.5 Å². The molecule has 0 saturated carbocycles. The fourth-order valence-electron chi connectivity index (χ4n) is 9.82. The summed E-state index contributed by atoms with van der Waals surface area (Å²) in [4.78, 5) is 5.07. The first-order valence-electron chi connectivity index (χ1n) is 27.4. The summed E-state index contributed by atoms with van der Waals surface area (Å²) in [5, 5.41) is 0. The SMILES string of the molecule is CCCCCCCCCCCCCCCCCCC(CCCC(CCCCCCCCCCCCCC)CCCCCCCCCCCCCC)N1C=CN(C)C1. The Balaban J connectivity index is 2.33. The third-order valence-electron chi connectivity index (χ3n) is 13.8. The number of nitrogens with zero attached hydrogens (tertiary/aromatic N) is 2. The molecule has 1 atom stereocenters. The van der Waals surface area contributed by atoms with Gasteiger partial charge in [0.15, 0.2) is 0 Å². The minimum atomic E-state index is 0.747. The third-order valence-corrected chi connectivity index (χ3v) is 13.8. The lowest BCUT2D eigenvalue weighted by Gasteiger charge is -2.29. The molecule has 0 aromatic heterocycles.